The highest BCUT2D eigenvalue weighted by Gasteiger charge is 2.39. The van der Waals surface area contributed by atoms with Gasteiger partial charge in [-0.1, -0.05) is 22.9 Å². The summed E-state index contributed by atoms with van der Waals surface area (Å²) in [6.07, 6.45) is -4.30. The Balaban J connectivity index is 1.60. The Morgan fingerprint density at radius 1 is 1.11 bits per heavy atom. The quantitative estimate of drug-likeness (QED) is 0.310. The third-order valence-electron chi connectivity index (χ3n) is 7.39. The van der Waals surface area contributed by atoms with E-state index in [1.807, 2.05) is 57.1 Å². The van der Waals surface area contributed by atoms with Crippen LogP contribution in [0.5, 0.6) is 11.5 Å². The number of fused-ring (bicyclic) bond motifs is 3. The zero-order valence-corrected chi connectivity index (χ0v) is 24.9. The lowest BCUT2D eigenvalue weighted by molar-refractivity contribution is -0.141. The summed E-state index contributed by atoms with van der Waals surface area (Å²) < 4.78 is 54.1. The van der Waals surface area contributed by atoms with E-state index in [9.17, 15) is 22.8 Å². The van der Waals surface area contributed by atoms with Gasteiger partial charge in [-0.15, -0.1) is 5.10 Å². The molecule has 0 atom stereocenters. The number of aromatic amines is 1. The third kappa shape index (κ3) is 5.83. The van der Waals surface area contributed by atoms with Gasteiger partial charge in [0.1, 0.15) is 5.49 Å². The minimum Gasteiger partial charge on any atom is -0.493 e. The average Bonchev–Trinajstić information content (AvgIpc) is 3.47. The lowest BCUT2D eigenvalue weighted by Gasteiger charge is -2.25. The number of amides is 1. The summed E-state index contributed by atoms with van der Waals surface area (Å²) in [6, 6.07) is 9.56. The van der Waals surface area contributed by atoms with Crippen LogP contribution in [0.2, 0.25) is 0 Å². The van der Waals surface area contributed by atoms with E-state index in [2.05, 4.69) is 15.6 Å². The standard InChI is InChI=1S/C30H32F3N7O4/c1-6-44-23-13-19-7-9-39-21(20(19)14-22(23)43-5)15-24(35-25-17(3)11-16(2)12-18(25)4)40(29(39)42)10-8-34-28(41)26-27(30(31,32)33)37-38-36-26/h11-15H,6-10H2,1-5H3,(H,34,41)(H,36,37,38)/b35-24+. The lowest BCUT2D eigenvalue weighted by Crippen LogP contribution is -2.44. The van der Waals surface area contributed by atoms with E-state index in [0.717, 1.165) is 27.8 Å². The van der Waals surface area contributed by atoms with Gasteiger partial charge in [-0.05, 0) is 62.9 Å². The normalized spacial score (nSPS) is 13.0. The number of hydrogen-bond acceptors (Lipinski definition) is 7. The molecule has 0 saturated heterocycles. The Labute approximate surface area is 250 Å². The van der Waals surface area contributed by atoms with Gasteiger partial charge in [-0.3, -0.25) is 19.0 Å². The molecule has 1 aliphatic heterocycles. The van der Waals surface area contributed by atoms with Crippen molar-refractivity contribution >= 4 is 11.6 Å². The Morgan fingerprint density at radius 2 is 1.84 bits per heavy atom. The van der Waals surface area contributed by atoms with Crippen molar-refractivity contribution in [3.8, 4) is 22.8 Å². The Kier molecular flexibility index (Phi) is 8.35. The van der Waals surface area contributed by atoms with Crippen LogP contribution in [0.3, 0.4) is 0 Å². The number of halogens is 3. The molecule has 0 spiro atoms. The zero-order valence-electron chi connectivity index (χ0n) is 24.9. The van der Waals surface area contributed by atoms with Crippen LogP contribution in [0.15, 0.2) is 40.1 Å². The van der Waals surface area contributed by atoms with Crippen LogP contribution in [-0.2, 0) is 25.7 Å². The lowest BCUT2D eigenvalue weighted by atomic mass is 9.97. The summed E-state index contributed by atoms with van der Waals surface area (Å²) in [6.45, 7) is 8.36. The van der Waals surface area contributed by atoms with Crippen molar-refractivity contribution in [1.29, 1.82) is 0 Å². The molecule has 0 bridgehead atoms. The number of rotatable bonds is 8. The van der Waals surface area contributed by atoms with Crippen molar-refractivity contribution in [3.63, 3.8) is 0 Å². The number of nitrogens with one attached hydrogen (secondary N) is 2. The van der Waals surface area contributed by atoms with Gasteiger partial charge in [0.05, 0.1) is 25.1 Å². The smallest absolute Gasteiger partial charge is 0.437 e. The molecule has 14 heteroatoms. The van der Waals surface area contributed by atoms with Crippen molar-refractivity contribution in [3.05, 3.63) is 79.9 Å². The molecule has 2 aromatic heterocycles. The van der Waals surface area contributed by atoms with Gasteiger partial charge in [0.2, 0.25) is 0 Å². The van der Waals surface area contributed by atoms with Crippen molar-refractivity contribution in [2.45, 2.75) is 53.4 Å². The number of aryl methyl sites for hydroxylation is 4. The van der Waals surface area contributed by atoms with Gasteiger partial charge in [-0.2, -0.15) is 13.2 Å². The van der Waals surface area contributed by atoms with Crippen LogP contribution >= 0.6 is 0 Å². The van der Waals surface area contributed by atoms with Crippen LogP contribution in [-0.4, -0.2) is 50.7 Å². The van der Waals surface area contributed by atoms with Gasteiger partial charge in [0.25, 0.3) is 5.91 Å². The summed E-state index contributed by atoms with van der Waals surface area (Å²) in [5.74, 6) is 0.0975. The summed E-state index contributed by atoms with van der Waals surface area (Å²) in [4.78, 5) is 31.5. The maximum atomic E-state index is 14.0. The molecule has 0 fully saturated rings. The van der Waals surface area contributed by atoms with E-state index < -0.39 is 23.5 Å². The number of alkyl halides is 3. The predicted molar refractivity (Wildman–Crippen MR) is 155 cm³/mol. The van der Waals surface area contributed by atoms with Crippen LogP contribution in [0, 0.1) is 20.8 Å². The van der Waals surface area contributed by atoms with Crippen LogP contribution < -0.4 is 26.0 Å². The molecule has 0 radical (unpaired) electrons. The van der Waals surface area contributed by atoms with E-state index in [4.69, 9.17) is 14.5 Å². The summed E-state index contributed by atoms with van der Waals surface area (Å²) >= 11 is 0. The molecule has 1 amide bonds. The Hall–Kier alpha value is -4.88. The number of carbonyl (C=O) groups excluding carboxylic acids is 1. The Morgan fingerprint density at radius 3 is 2.50 bits per heavy atom. The molecule has 3 heterocycles. The van der Waals surface area contributed by atoms with Crippen molar-refractivity contribution in [1.82, 2.24) is 29.9 Å². The van der Waals surface area contributed by atoms with Gasteiger partial charge in [0, 0.05) is 31.3 Å². The van der Waals surface area contributed by atoms with Gasteiger partial charge < -0.3 is 14.8 Å². The summed E-state index contributed by atoms with van der Waals surface area (Å²) in [7, 11) is 1.55. The number of nitrogens with zero attached hydrogens (tertiary/aromatic N) is 5. The fourth-order valence-electron chi connectivity index (χ4n) is 5.49. The molecule has 5 rings (SSSR count). The molecule has 2 N–H and O–H groups in total. The van der Waals surface area contributed by atoms with Crippen LogP contribution in [0.25, 0.3) is 11.3 Å². The third-order valence-corrected chi connectivity index (χ3v) is 7.39. The van der Waals surface area contributed by atoms with Crippen molar-refractivity contribution in [2.75, 3.05) is 20.3 Å². The minimum atomic E-state index is -4.86. The first-order valence-electron chi connectivity index (χ1n) is 14.0. The van der Waals surface area contributed by atoms with E-state index >= 15 is 0 Å². The summed E-state index contributed by atoms with van der Waals surface area (Å²) in [5, 5.41) is 10.5. The first-order chi connectivity index (χ1) is 20.9. The molecular formula is C30H32F3N7O4. The van der Waals surface area contributed by atoms with E-state index in [1.54, 1.807) is 17.7 Å². The second-order valence-electron chi connectivity index (χ2n) is 10.5. The fraction of sp³-hybridized carbons (Fsp3) is 0.367. The molecule has 232 valence electrons. The SMILES string of the molecule is CCOc1cc2c(cc1OC)-c1c/c(=N\c3c(C)cc(C)cc3C)n(CCNC(=O)c3[nH]nnc3C(F)(F)F)c(=O)n1CC2. The number of hydrogen-bond donors (Lipinski definition) is 2. The number of H-pyrrole nitrogens is 1. The topological polar surface area (TPSA) is 128 Å². The van der Waals surface area contributed by atoms with E-state index in [1.165, 1.54) is 4.57 Å². The average molecular weight is 612 g/mol. The van der Waals surface area contributed by atoms with Crippen LogP contribution in [0.4, 0.5) is 18.9 Å². The molecule has 2 aromatic carbocycles. The number of carbonyl (C=O) groups is 1. The zero-order chi connectivity index (χ0) is 31.8. The largest absolute Gasteiger partial charge is 0.493 e. The number of ether oxygens (including phenoxy) is 2. The molecule has 0 saturated carbocycles. The Bertz CT molecular complexity index is 1850. The molecule has 1 aliphatic rings. The molecule has 4 aromatic rings. The highest BCUT2D eigenvalue weighted by Crippen LogP contribution is 2.38. The van der Waals surface area contributed by atoms with Crippen molar-refractivity contribution in [2.24, 2.45) is 4.99 Å². The second-order valence-corrected chi connectivity index (χ2v) is 10.5. The van der Waals surface area contributed by atoms with Gasteiger partial charge in [-0.25, -0.2) is 9.79 Å². The van der Waals surface area contributed by atoms with Gasteiger partial charge >= 0.3 is 11.9 Å². The highest BCUT2D eigenvalue weighted by molar-refractivity contribution is 5.93. The monoisotopic (exact) mass is 611 g/mol. The molecule has 0 aliphatic carbocycles. The highest BCUT2D eigenvalue weighted by atomic mass is 19.4. The maximum Gasteiger partial charge on any atom is 0.437 e. The minimum absolute atomic E-state index is 0.0595. The van der Waals surface area contributed by atoms with Gasteiger partial charge in [0.15, 0.2) is 22.9 Å². The maximum absolute atomic E-state index is 14.0. The number of methoxy groups -OCH3 is 1. The summed E-state index contributed by atoms with van der Waals surface area (Å²) in [5.41, 5.74) is 3.73. The number of aromatic nitrogens is 5. The predicted octanol–water partition coefficient (Wildman–Crippen LogP) is 4.00. The first kappa shape index (κ1) is 30.6. The molecule has 0 unspecified atom stereocenters. The molecule has 44 heavy (non-hydrogen) atoms. The molecular weight excluding hydrogens is 579 g/mol. The molecule has 11 nitrogen and oxygen atoms in total. The van der Waals surface area contributed by atoms with Crippen LogP contribution in [0.1, 0.15) is 45.4 Å². The second kappa shape index (κ2) is 12.0. The van der Waals surface area contributed by atoms with E-state index in [-0.39, 0.29) is 18.8 Å². The first-order valence-corrected chi connectivity index (χ1v) is 14.0. The number of benzene rings is 2. The van der Waals surface area contributed by atoms with Crippen molar-refractivity contribution < 1.29 is 27.4 Å². The van der Waals surface area contributed by atoms with E-state index in [0.29, 0.717) is 47.9 Å². The fourth-order valence-corrected chi connectivity index (χ4v) is 5.49.